The minimum atomic E-state index is 0. The van der Waals surface area contributed by atoms with Crippen LogP contribution in [0, 0.1) is 0 Å². The Labute approximate surface area is 179 Å². The van der Waals surface area contributed by atoms with Gasteiger partial charge in [-0.2, -0.15) is 0 Å². The van der Waals surface area contributed by atoms with Crippen LogP contribution in [0.5, 0.6) is 0 Å². The van der Waals surface area contributed by atoms with Crippen LogP contribution in [0.4, 0.5) is 0 Å². The third-order valence-electron chi connectivity index (χ3n) is 5.70. The summed E-state index contributed by atoms with van der Waals surface area (Å²) in [4.78, 5) is 7.14. The average molecular weight is 478 g/mol. The molecule has 0 aromatic heterocycles. The second kappa shape index (κ2) is 10.3. The maximum absolute atomic E-state index is 4.50. The first-order chi connectivity index (χ1) is 12.9. The van der Waals surface area contributed by atoms with Crippen molar-refractivity contribution in [2.24, 2.45) is 4.99 Å². The Kier molecular flexibility index (Phi) is 7.76. The van der Waals surface area contributed by atoms with Crippen LogP contribution in [0.15, 0.2) is 47.5 Å². The number of halogens is 1. The van der Waals surface area contributed by atoms with E-state index in [0.29, 0.717) is 5.92 Å². The molecule has 1 unspecified atom stereocenters. The fourth-order valence-electron chi connectivity index (χ4n) is 4.23. The molecule has 2 aliphatic rings. The molecule has 1 saturated heterocycles. The molecule has 0 aliphatic carbocycles. The van der Waals surface area contributed by atoms with E-state index in [1.807, 2.05) is 0 Å². The van der Waals surface area contributed by atoms with E-state index in [1.54, 1.807) is 0 Å². The van der Waals surface area contributed by atoms with Crippen LogP contribution in [0.3, 0.4) is 0 Å². The third kappa shape index (κ3) is 5.35. The number of piperidine rings is 1. The van der Waals surface area contributed by atoms with Crippen molar-refractivity contribution >= 4 is 40.7 Å². The van der Waals surface area contributed by atoms with Gasteiger partial charge >= 0.3 is 0 Å². The van der Waals surface area contributed by atoms with Gasteiger partial charge in [-0.05, 0) is 55.2 Å². The fraction of sp³-hybridized carbons (Fsp3) is 0.500. The van der Waals surface area contributed by atoms with Crippen molar-refractivity contribution in [1.82, 2.24) is 15.5 Å². The summed E-state index contributed by atoms with van der Waals surface area (Å²) in [5.74, 6) is 1.46. The first-order valence-corrected chi connectivity index (χ1v) is 10.1. The van der Waals surface area contributed by atoms with Crippen molar-refractivity contribution in [2.75, 3.05) is 39.3 Å². The zero-order valence-electron chi connectivity index (χ0n) is 16.0. The van der Waals surface area contributed by atoms with E-state index in [0.717, 1.165) is 25.6 Å². The number of nitrogens with one attached hydrogen (secondary N) is 2. The van der Waals surface area contributed by atoms with E-state index < -0.39 is 0 Å². The predicted octanol–water partition coefficient (Wildman–Crippen LogP) is 3.97. The Bertz CT molecular complexity index is 750. The molecule has 146 valence electrons. The van der Waals surface area contributed by atoms with Gasteiger partial charge in [0.05, 0.1) is 6.54 Å². The molecule has 2 N–H and O–H groups in total. The topological polar surface area (TPSA) is 39.7 Å². The van der Waals surface area contributed by atoms with Crippen molar-refractivity contribution in [3.05, 3.63) is 48.0 Å². The van der Waals surface area contributed by atoms with Gasteiger partial charge < -0.3 is 15.5 Å². The smallest absolute Gasteiger partial charge is 0.191 e. The highest BCUT2D eigenvalue weighted by molar-refractivity contribution is 14.0. The van der Waals surface area contributed by atoms with Crippen LogP contribution >= 0.6 is 24.0 Å². The molecule has 0 saturated carbocycles. The number of nitrogens with zero attached hydrogens (tertiary/aromatic N) is 2. The zero-order chi connectivity index (χ0) is 17.6. The first kappa shape index (κ1) is 20.4. The number of rotatable bonds is 6. The molecule has 1 atom stereocenters. The molecule has 27 heavy (non-hydrogen) atoms. The number of guanidine groups is 1. The number of fused-ring (bicyclic) bond motifs is 1. The Balaban J connectivity index is 0.00000210. The number of likely N-dealkylation sites (tertiary alicyclic amines) is 1. The standard InChI is InChI=1S/C22H30N4.HI/c1-4-14-26(15-5-1)16-11-19(17-25-22-23-12-13-24-22)21-10-6-8-18-7-2-3-9-20(18)21;/h2-3,6-10,19H,1,4-5,11-17H2,(H2,23,24,25);1H. The van der Waals surface area contributed by atoms with Crippen LogP contribution in [0.25, 0.3) is 10.8 Å². The number of hydrogen-bond acceptors (Lipinski definition) is 4. The van der Waals surface area contributed by atoms with Crippen molar-refractivity contribution in [3.63, 3.8) is 0 Å². The van der Waals surface area contributed by atoms with Gasteiger partial charge in [-0.15, -0.1) is 24.0 Å². The number of benzene rings is 2. The van der Waals surface area contributed by atoms with Crippen molar-refractivity contribution in [2.45, 2.75) is 31.6 Å². The molecule has 2 aliphatic heterocycles. The Morgan fingerprint density at radius 1 is 1.04 bits per heavy atom. The van der Waals surface area contributed by atoms with Gasteiger partial charge in [0.1, 0.15) is 0 Å². The summed E-state index contributed by atoms with van der Waals surface area (Å²) < 4.78 is 0. The zero-order valence-corrected chi connectivity index (χ0v) is 18.3. The molecule has 0 spiro atoms. The molecule has 5 heteroatoms. The normalized spacial score (nSPS) is 18.4. The Morgan fingerprint density at radius 3 is 2.67 bits per heavy atom. The maximum atomic E-state index is 4.50. The van der Waals surface area contributed by atoms with Crippen LogP contribution < -0.4 is 10.6 Å². The summed E-state index contributed by atoms with van der Waals surface area (Å²) in [6.07, 6.45) is 5.31. The van der Waals surface area contributed by atoms with Gasteiger partial charge in [0.2, 0.25) is 0 Å². The lowest BCUT2D eigenvalue weighted by Crippen LogP contribution is -2.37. The van der Waals surface area contributed by atoms with Crippen LogP contribution in [-0.2, 0) is 0 Å². The molecule has 0 amide bonds. The third-order valence-corrected chi connectivity index (χ3v) is 5.70. The summed E-state index contributed by atoms with van der Waals surface area (Å²) in [6, 6.07) is 15.5. The van der Waals surface area contributed by atoms with E-state index in [2.05, 4.69) is 63.0 Å². The fourth-order valence-corrected chi connectivity index (χ4v) is 4.23. The summed E-state index contributed by atoms with van der Waals surface area (Å²) in [6.45, 7) is 6.50. The number of hydrogen-bond donors (Lipinski definition) is 2. The molecular formula is C22H31IN4. The van der Waals surface area contributed by atoms with Crippen molar-refractivity contribution in [3.8, 4) is 0 Å². The molecule has 4 rings (SSSR count). The molecule has 2 aromatic carbocycles. The second-order valence-corrected chi connectivity index (χ2v) is 7.49. The van der Waals surface area contributed by atoms with E-state index in [4.69, 9.17) is 0 Å². The van der Waals surface area contributed by atoms with Crippen LogP contribution in [0.1, 0.15) is 37.2 Å². The SMILES string of the molecule is I.c1ccc2c(C(CCN3CCCCC3)CNC3=NCCN3)cccc2c1. The average Bonchev–Trinajstić information content (AvgIpc) is 3.22. The molecular weight excluding hydrogens is 447 g/mol. The Morgan fingerprint density at radius 2 is 1.85 bits per heavy atom. The summed E-state index contributed by atoms with van der Waals surface area (Å²) >= 11 is 0. The van der Waals surface area contributed by atoms with Gasteiger partial charge in [0.25, 0.3) is 0 Å². The molecule has 0 bridgehead atoms. The van der Waals surface area contributed by atoms with E-state index >= 15 is 0 Å². The lowest BCUT2D eigenvalue weighted by atomic mass is 9.90. The first-order valence-electron chi connectivity index (χ1n) is 10.1. The van der Waals surface area contributed by atoms with E-state index in [9.17, 15) is 0 Å². The van der Waals surface area contributed by atoms with E-state index in [1.165, 1.54) is 61.7 Å². The van der Waals surface area contributed by atoms with Gasteiger partial charge in [-0.25, -0.2) is 0 Å². The molecule has 0 radical (unpaired) electrons. The maximum Gasteiger partial charge on any atom is 0.191 e. The molecule has 2 aromatic rings. The summed E-state index contributed by atoms with van der Waals surface area (Å²) in [7, 11) is 0. The van der Waals surface area contributed by atoms with E-state index in [-0.39, 0.29) is 24.0 Å². The van der Waals surface area contributed by atoms with Crippen molar-refractivity contribution in [1.29, 1.82) is 0 Å². The van der Waals surface area contributed by atoms with Crippen molar-refractivity contribution < 1.29 is 0 Å². The lowest BCUT2D eigenvalue weighted by Gasteiger charge is -2.29. The predicted molar refractivity (Wildman–Crippen MR) is 125 cm³/mol. The highest BCUT2D eigenvalue weighted by atomic mass is 127. The minimum Gasteiger partial charge on any atom is -0.356 e. The van der Waals surface area contributed by atoms with Gasteiger partial charge in [0.15, 0.2) is 5.96 Å². The van der Waals surface area contributed by atoms with Crippen LogP contribution in [-0.4, -0.2) is 50.1 Å². The molecule has 4 nitrogen and oxygen atoms in total. The lowest BCUT2D eigenvalue weighted by molar-refractivity contribution is 0.221. The molecule has 1 fully saturated rings. The van der Waals surface area contributed by atoms with Gasteiger partial charge in [-0.3, -0.25) is 4.99 Å². The van der Waals surface area contributed by atoms with Gasteiger partial charge in [-0.1, -0.05) is 48.9 Å². The summed E-state index contributed by atoms with van der Waals surface area (Å²) in [5.41, 5.74) is 1.46. The number of aliphatic imine (C=N–C) groups is 1. The van der Waals surface area contributed by atoms with Gasteiger partial charge in [0, 0.05) is 19.0 Å². The second-order valence-electron chi connectivity index (χ2n) is 7.49. The highest BCUT2D eigenvalue weighted by Crippen LogP contribution is 2.28. The Hall–Kier alpha value is -1.34. The van der Waals surface area contributed by atoms with Crippen LogP contribution in [0.2, 0.25) is 0 Å². The largest absolute Gasteiger partial charge is 0.356 e. The monoisotopic (exact) mass is 478 g/mol. The quantitative estimate of drug-likeness (QED) is 0.618. The highest BCUT2D eigenvalue weighted by Gasteiger charge is 2.18. The minimum absolute atomic E-state index is 0. The summed E-state index contributed by atoms with van der Waals surface area (Å²) in [5, 5.41) is 9.62. The molecule has 2 heterocycles.